The minimum absolute atomic E-state index is 0.0228. The molecule has 2 N–H and O–H groups in total. The molecule has 2 amide bonds. The van der Waals surface area contributed by atoms with E-state index < -0.39 is 6.04 Å². The summed E-state index contributed by atoms with van der Waals surface area (Å²) in [5.74, 6) is 0.473. The number of nitrogens with zero attached hydrogens (tertiary/aromatic N) is 3. The van der Waals surface area contributed by atoms with Crippen LogP contribution in [0, 0.1) is 20.8 Å². The normalized spacial score (nSPS) is 16.3. The Bertz CT molecular complexity index is 765. The molecule has 22 heavy (non-hydrogen) atoms. The molecule has 7 nitrogen and oxygen atoms in total. The van der Waals surface area contributed by atoms with Gasteiger partial charge in [-0.15, -0.1) is 0 Å². The summed E-state index contributed by atoms with van der Waals surface area (Å²) in [6.45, 7) is 5.67. The van der Waals surface area contributed by atoms with Gasteiger partial charge in [-0.05, 0) is 32.4 Å². The summed E-state index contributed by atoms with van der Waals surface area (Å²) in [5, 5.41) is 9.62. The Morgan fingerprint density at radius 2 is 2.14 bits per heavy atom. The second kappa shape index (κ2) is 5.25. The maximum absolute atomic E-state index is 12.2. The lowest BCUT2D eigenvalue weighted by Crippen LogP contribution is -2.24. The number of anilines is 2. The number of benzene rings is 1. The molecular weight excluding hydrogens is 282 g/mol. The Hall–Kier alpha value is -2.70. The Labute approximate surface area is 127 Å². The fourth-order valence-electron chi connectivity index (χ4n) is 2.55. The molecule has 2 aromatic rings. The fourth-order valence-corrected chi connectivity index (χ4v) is 2.55. The predicted octanol–water partition coefficient (Wildman–Crippen LogP) is 1.73. The summed E-state index contributed by atoms with van der Waals surface area (Å²) >= 11 is 0. The zero-order chi connectivity index (χ0) is 15.9. The molecule has 1 aliphatic rings. The summed E-state index contributed by atoms with van der Waals surface area (Å²) in [4.78, 5) is 28.2. The van der Waals surface area contributed by atoms with Crippen molar-refractivity contribution in [3.8, 4) is 0 Å². The lowest BCUT2D eigenvalue weighted by Gasteiger charge is -2.11. The molecule has 0 saturated heterocycles. The largest absolute Gasteiger partial charge is 0.326 e. The number of hydrogen-bond donors (Lipinski definition) is 2. The number of carbonyl (C=O) groups excluding carboxylic acids is 2. The van der Waals surface area contributed by atoms with Gasteiger partial charge < -0.3 is 5.32 Å². The smallest absolute Gasteiger partial charge is 0.252 e. The zero-order valence-electron chi connectivity index (χ0n) is 12.7. The van der Waals surface area contributed by atoms with Crippen LogP contribution in [0.15, 0.2) is 18.2 Å². The quantitative estimate of drug-likeness (QED) is 0.903. The lowest BCUT2D eigenvalue weighted by atomic mass is 10.1. The van der Waals surface area contributed by atoms with Gasteiger partial charge in [-0.25, -0.2) is 4.68 Å². The van der Waals surface area contributed by atoms with E-state index in [-0.39, 0.29) is 18.2 Å². The molecule has 0 radical (unpaired) electrons. The third-order valence-electron chi connectivity index (χ3n) is 3.60. The molecule has 2 heterocycles. The first kappa shape index (κ1) is 14.2. The molecule has 1 atom stereocenters. The van der Waals surface area contributed by atoms with Gasteiger partial charge in [-0.1, -0.05) is 17.7 Å². The topological polar surface area (TPSA) is 88.9 Å². The number of nitrogens with one attached hydrogen (secondary N) is 2. The monoisotopic (exact) mass is 299 g/mol. The van der Waals surface area contributed by atoms with Gasteiger partial charge >= 0.3 is 0 Å². The van der Waals surface area contributed by atoms with Crippen molar-refractivity contribution in [1.82, 2.24) is 14.8 Å². The molecule has 114 valence electrons. The molecule has 0 aliphatic carbocycles. The first-order valence-corrected chi connectivity index (χ1v) is 7.05. The van der Waals surface area contributed by atoms with Crippen molar-refractivity contribution in [2.45, 2.75) is 33.2 Å². The van der Waals surface area contributed by atoms with Crippen LogP contribution in [0.5, 0.6) is 0 Å². The number of rotatable bonds is 3. The molecule has 0 fully saturated rings. The summed E-state index contributed by atoms with van der Waals surface area (Å²) in [5.41, 5.74) is 2.87. The molecule has 1 aliphatic heterocycles. The van der Waals surface area contributed by atoms with Gasteiger partial charge in [0.25, 0.3) is 5.91 Å². The van der Waals surface area contributed by atoms with E-state index in [0.717, 1.165) is 16.8 Å². The first-order valence-electron chi connectivity index (χ1n) is 7.05. The van der Waals surface area contributed by atoms with Gasteiger partial charge in [0.15, 0.2) is 0 Å². The van der Waals surface area contributed by atoms with Crippen LogP contribution >= 0.6 is 0 Å². The van der Waals surface area contributed by atoms with Gasteiger partial charge in [-0.3, -0.25) is 14.9 Å². The highest BCUT2D eigenvalue weighted by Crippen LogP contribution is 2.25. The van der Waals surface area contributed by atoms with Crippen molar-refractivity contribution < 1.29 is 9.59 Å². The number of carbonyl (C=O) groups is 2. The number of aromatic nitrogens is 3. The SMILES string of the molecule is Cc1ccc(NC(=O)C[C@@H]2C(=O)Nc3nc(C)nn32)c(C)c1. The molecule has 7 heteroatoms. The molecule has 0 spiro atoms. The molecule has 1 aromatic carbocycles. The number of hydrogen-bond acceptors (Lipinski definition) is 4. The van der Waals surface area contributed by atoms with Gasteiger partial charge in [0, 0.05) is 5.69 Å². The van der Waals surface area contributed by atoms with Crippen molar-refractivity contribution in [1.29, 1.82) is 0 Å². The van der Waals surface area contributed by atoms with Crippen LogP contribution in [0.2, 0.25) is 0 Å². The highest BCUT2D eigenvalue weighted by molar-refractivity contribution is 6.01. The van der Waals surface area contributed by atoms with Gasteiger partial charge in [-0.2, -0.15) is 10.1 Å². The highest BCUT2D eigenvalue weighted by atomic mass is 16.2. The molecule has 1 aromatic heterocycles. The highest BCUT2D eigenvalue weighted by Gasteiger charge is 2.34. The Kier molecular flexibility index (Phi) is 3.40. The van der Waals surface area contributed by atoms with E-state index >= 15 is 0 Å². The predicted molar refractivity (Wildman–Crippen MR) is 81.6 cm³/mol. The fraction of sp³-hybridized carbons (Fsp3) is 0.333. The van der Waals surface area contributed by atoms with Crippen LogP contribution in [0.3, 0.4) is 0 Å². The number of fused-ring (bicyclic) bond motifs is 1. The minimum atomic E-state index is -0.651. The van der Waals surface area contributed by atoms with Crippen molar-refractivity contribution in [2.24, 2.45) is 0 Å². The van der Waals surface area contributed by atoms with Crippen LogP contribution in [0.25, 0.3) is 0 Å². The van der Waals surface area contributed by atoms with Crippen molar-refractivity contribution in [3.63, 3.8) is 0 Å². The van der Waals surface area contributed by atoms with Crippen LogP contribution in [0.1, 0.15) is 29.4 Å². The molecular formula is C15H17N5O2. The van der Waals surface area contributed by atoms with Crippen molar-refractivity contribution in [2.75, 3.05) is 10.6 Å². The van der Waals surface area contributed by atoms with Gasteiger partial charge in [0.05, 0.1) is 6.42 Å². The second-order valence-electron chi connectivity index (χ2n) is 5.50. The minimum Gasteiger partial charge on any atom is -0.326 e. The summed E-state index contributed by atoms with van der Waals surface area (Å²) in [7, 11) is 0. The Morgan fingerprint density at radius 1 is 1.36 bits per heavy atom. The van der Waals surface area contributed by atoms with E-state index in [1.165, 1.54) is 4.68 Å². The summed E-state index contributed by atoms with van der Waals surface area (Å²) < 4.78 is 1.47. The summed E-state index contributed by atoms with van der Waals surface area (Å²) in [6.07, 6.45) is 0.0228. The van der Waals surface area contributed by atoms with Crippen molar-refractivity contribution in [3.05, 3.63) is 35.2 Å². The third-order valence-corrected chi connectivity index (χ3v) is 3.60. The van der Waals surface area contributed by atoms with Crippen LogP contribution in [-0.2, 0) is 9.59 Å². The number of aryl methyl sites for hydroxylation is 3. The van der Waals surface area contributed by atoms with Gasteiger partial charge in [0.1, 0.15) is 11.9 Å². The van der Waals surface area contributed by atoms with E-state index in [2.05, 4.69) is 20.7 Å². The van der Waals surface area contributed by atoms with Crippen LogP contribution in [-0.4, -0.2) is 26.6 Å². The average Bonchev–Trinajstić information content (AvgIpc) is 2.91. The summed E-state index contributed by atoms with van der Waals surface area (Å²) in [6, 6.07) is 5.14. The first-order chi connectivity index (χ1) is 10.4. The average molecular weight is 299 g/mol. The Morgan fingerprint density at radius 3 is 2.86 bits per heavy atom. The second-order valence-corrected chi connectivity index (χ2v) is 5.50. The molecule has 0 bridgehead atoms. The zero-order valence-corrected chi connectivity index (χ0v) is 12.7. The van der Waals surface area contributed by atoms with E-state index in [1.807, 2.05) is 32.0 Å². The van der Waals surface area contributed by atoms with Crippen LogP contribution in [0.4, 0.5) is 11.6 Å². The maximum atomic E-state index is 12.2. The number of amides is 2. The van der Waals surface area contributed by atoms with E-state index in [4.69, 9.17) is 0 Å². The Balaban J connectivity index is 1.73. The van der Waals surface area contributed by atoms with E-state index in [0.29, 0.717) is 11.8 Å². The maximum Gasteiger partial charge on any atom is 0.252 e. The molecule has 0 saturated carbocycles. The van der Waals surface area contributed by atoms with E-state index in [1.54, 1.807) is 6.92 Å². The standard InChI is InChI=1S/C15H17N5O2/c1-8-4-5-11(9(2)6-8)17-13(21)7-12-14(22)18-15-16-10(3)19-20(12)15/h4-6,12H,7H2,1-3H3,(H,17,21)(H,16,18,19,22)/t12-/m1/s1. The van der Waals surface area contributed by atoms with Crippen LogP contribution < -0.4 is 10.6 Å². The third kappa shape index (κ3) is 2.57. The van der Waals surface area contributed by atoms with Gasteiger partial charge in [0.2, 0.25) is 11.9 Å². The van der Waals surface area contributed by atoms with Crippen molar-refractivity contribution >= 4 is 23.5 Å². The molecule has 3 rings (SSSR count). The van der Waals surface area contributed by atoms with E-state index in [9.17, 15) is 9.59 Å². The lowest BCUT2D eigenvalue weighted by molar-refractivity contribution is -0.123. The molecule has 0 unspecified atom stereocenters.